The number of anilines is 1. The van der Waals surface area contributed by atoms with Crippen LogP contribution in [-0.2, 0) is 117 Å². The van der Waals surface area contributed by atoms with Crippen LogP contribution in [0.5, 0.6) is 0 Å². The molecule has 1 saturated heterocycles. The number of ketones is 4. The van der Waals surface area contributed by atoms with E-state index in [1.54, 1.807) is 30.5 Å². The van der Waals surface area contributed by atoms with E-state index in [9.17, 15) is 91.7 Å². The topological polar surface area (TPSA) is 656 Å². The Morgan fingerprint density at radius 3 is 1.77 bits per heavy atom. The van der Waals surface area contributed by atoms with Crippen molar-refractivity contribution in [1.82, 2.24) is 58.2 Å². The molecular formula is C67H88N14O26. The Labute approximate surface area is 610 Å². The number of aromatic amines is 1. The van der Waals surface area contributed by atoms with E-state index in [1.165, 1.54) is 65.8 Å². The van der Waals surface area contributed by atoms with Crippen molar-refractivity contribution in [2.45, 2.75) is 161 Å². The maximum atomic E-state index is 14.6. The van der Waals surface area contributed by atoms with Gasteiger partial charge < -0.3 is 95.1 Å². The molecular weight excluding hydrogens is 1420 g/mol. The highest BCUT2D eigenvalue weighted by Gasteiger charge is 2.40. The maximum Gasteiger partial charge on any atom is 0.373 e. The first-order valence-corrected chi connectivity index (χ1v) is 32.8. The van der Waals surface area contributed by atoms with Crippen molar-refractivity contribution in [3.05, 3.63) is 65.9 Å². The number of H-pyrrole nitrogens is 1. The summed E-state index contributed by atoms with van der Waals surface area (Å²) in [5.41, 5.74) is 18.5. The Balaban J connectivity index is 0.00000603. The Bertz CT molecular complexity index is 3770. The zero-order valence-corrected chi connectivity index (χ0v) is 59.3. The molecule has 12 atom stereocenters. The van der Waals surface area contributed by atoms with Gasteiger partial charge in [-0.1, -0.05) is 51.1 Å². The second kappa shape index (κ2) is 47.8. The van der Waals surface area contributed by atoms with Gasteiger partial charge in [0.1, 0.15) is 48.1 Å². The fraction of sp³-hybridized carbons (Fsp3) is 0.493. The molecule has 107 heavy (non-hydrogen) atoms. The molecule has 0 spiro atoms. The predicted molar refractivity (Wildman–Crippen MR) is 362 cm³/mol. The van der Waals surface area contributed by atoms with Crippen LogP contribution in [0.25, 0.3) is 10.9 Å². The minimum Gasteiger partial charge on any atom is -0.481 e. The summed E-state index contributed by atoms with van der Waals surface area (Å²) in [6.07, 6.45) is -4.62. The molecule has 1 aliphatic heterocycles. The lowest BCUT2D eigenvalue weighted by molar-refractivity contribution is -0.193. The zero-order valence-electron chi connectivity index (χ0n) is 59.3. The van der Waals surface area contributed by atoms with Gasteiger partial charge in [-0.2, -0.15) is 28.8 Å². The first-order chi connectivity index (χ1) is 50.4. The van der Waals surface area contributed by atoms with E-state index in [-0.39, 0.29) is 61.9 Å². The van der Waals surface area contributed by atoms with Gasteiger partial charge in [0.05, 0.1) is 50.5 Å². The summed E-state index contributed by atoms with van der Waals surface area (Å²) in [5.74, 6) is -23.5. The Kier molecular flexibility index (Phi) is 41.4. The van der Waals surface area contributed by atoms with Crippen molar-refractivity contribution < 1.29 is 125 Å². The molecule has 11 amide bonds. The monoisotopic (exact) mass is 1500 g/mol. The molecule has 1 aliphatic rings. The lowest BCUT2D eigenvalue weighted by Crippen LogP contribution is -2.60. The number of esters is 1. The smallest absolute Gasteiger partial charge is 0.373 e. The van der Waals surface area contributed by atoms with Crippen LogP contribution in [0.4, 0.5) is 5.69 Å². The number of aliphatic hydroxyl groups is 1. The summed E-state index contributed by atoms with van der Waals surface area (Å²) < 4.78 is 5.72. The number of aliphatic carboxylic acids is 1. The summed E-state index contributed by atoms with van der Waals surface area (Å²) in [7, 11) is 0. The van der Waals surface area contributed by atoms with Crippen LogP contribution >= 0.6 is 0 Å². The average molecular weight is 1510 g/mol. The van der Waals surface area contributed by atoms with Crippen LogP contribution in [0.15, 0.2) is 54.7 Å². The number of nitrogens with two attached hydrogens (primary N) is 3. The van der Waals surface area contributed by atoms with Gasteiger partial charge in [-0.3, -0.25) is 71.9 Å². The first kappa shape index (κ1) is 92.6. The van der Waals surface area contributed by atoms with Gasteiger partial charge >= 0.3 is 30.4 Å². The average Bonchev–Trinajstić information content (AvgIpc) is 1.77. The summed E-state index contributed by atoms with van der Waals surface area (Å²) >= 11 is 0. The number of aliphatic hydroxyl groups excluding tert-OH is 1. The van der Waals surface area contributed by atoms with Gasteiger partial charge in [0, 0.05) is 65.9 Å². The largest absolute Gasteiger partial charge is 0.481 e. The number of benzene rings is 2. The quantitative estimate of drug-likeness (QED) is 0.0239. The molecule has 40 nitrogen and oxygen atoms in total. The fourth-order valence-electron chi connectivity index (χ4n) is 10.3. The van der Waals surface area contributed by atoms with Crippen molar-refractivity contribution in [2.24, 2.45) is 35.1 Å². The zero-order chi connectivity index (χ0) is 81.4. The molecule has 2 aromatic carbocycles. The number of hydrogen-bond acceptors (Lipinski definition) is 27. The van der Waals surface area contributed by atoms with E-state index >= 15 is 0 Å². The Morgan fingerprint density at radius 1 is 0.645 bits per heavy atom. The molecule has 1 aromatic heterocycles. The number of nitrogen functional groups attached to an aromatic ring is 1. The normalized spacial score (nSPS) is 21.1. The molecule has 40 heteroatoms. The van der Waals surface area contributed by atoms with Crippen molar-refractivity contribution in [2.75, 3.05) is 32.0 Å². The minimum atomic E-state index is -2.23. The summed E-state index contributed by atoms with van der Waals surface area (Å²) in [4.78, 5) is 284. The molecule has 0 radical (unpaired) electrons. The predicted octanol–water partition coefficient (Wildman–Crippen LogP) is -5.59. The number of nitrogens with one attached hydrogen (secondary N) is 11. The van der Waals surface area contributed by atoms with Crippen molar-refractivity contribution in [3.8, 4) is 0 Å². The third-order valence-corrected chi connectivity index (χ3v) is 15.8. The van der Waals surface area contributed by atoms with Crippen LogP contribution in [0.2, 0.25) is 0 Å². The summed E-state index contributed by atoms with van der Waals surface area (Å²) in [6, 6.07) is -0.988. The Hall–Kier alpha value is -12.4. The first-order valence-electron chi connectivity index (χ1n) is 32.8. The second-order valence-electron chi connectivity index (χ2n) is 24.6. The highest BCUT2D eigenvalue weighted by atomic mass is 16.5. The van der Waals surface area contributed by atoms with Crippen molar-refractivity contribution >= 4 is 135 Å². The number of Topliss-reactive ketones (excluding diaryl/α,β-unsaturated/α-hetero) is 4. The van der Waals surface area contributed by atoms with E-state index in [2.05, 4.69) is 58.2 Å². The number of carbonyl (C=O) groups excluding carboxylic acids is 22. The molecule has 2 heterocycles. The highest BCUT2D eigenvalue weighted by Crippen LogP contribution is 2.24. The van der Waals surface area contributed by atoms with Crippen LogP contribution in [0.3, 0.4) is 0 Å². The number of primary amides is 1. The highest BCUT2D eigenvalue weighted by molar-refractivity contribution is 6.05. The van der Waals surface area contributed by atoms with Crippen LogP contribution < -0.4 is 70.4 Å². The third-order valence-electron chi connectivity index (χ3n) is 15.8. The second-order valence-corrected chi connectivity index (χ2v) is 24.6. The standard InChI is InChI=1S/C64H88N14O20.3CO2/c1-30(2)54-63(96)76-45(24-47(81)40-14-8-10-15-41(40)66)64(97)98-35(7)55(78-60(93)37(23-53(87)88)22-49(83)44(25-50(67)84)75-59(92)36(20-32(4)80)21-38-26-68-42-16-11-9-13-39(38)42)62(95)70-28-51(85)73-43(17-12-18-65)48(82)19-31(3)56(89)71-34(6)58(91)72-33(5)57(90)69-27-52(86)74-46(29-79)61(94)77-54;3*2-1-3/h8-11,13-16,26,30-31,33-37,43-46,54-55,68,79H,12,17-25,27-29,65-66H2,1-7H3,(H2,67,84)(H,69,90)(H,70,95)(H,71,89)(H,72,91)(H,73,85)(H,74,86)(H,75,92)(H,76,96)(H,77,94)(H,78,93)(H,87,88);;;. The fourth-order valence-corrected chi connectivity index (χ4v) is 10.3. The van der Waals surface area contributed by atoms with E-state index < -0.39 is 230 Å². The number of carbonyl (C=O) groups is 17. The van der Waals surface area contributed by atoms with Gasteiger partial charge in [0.25, 0.3) is 0 Å². The molecule has 582 valence electrons. The number of ether oxygens (including phenoxy) is 1. The molecule has 4 rings (SSSR count). The van der Waals surface area contributed by atoms with E-state index in [1.807, 2.05) is 0 Å². The number of aromatic nitrogens is 1. The number of cyclic esters (lactones) is 1. The third kappa shape index (κ3) is 32.9. The van der Waals surface area contributed by atoms with E-state index in [4.69, 9.17) is 50.7 Å². The molecule has 0 bridgehead atoms. The van der Waals surface area contributed by atoms with Crippen LogP contribution in [-0.4, -0.2) is 214 Å². The molecule has 0 aliphatic carbocycles. The van der Waals surface area contributed by atoms with Crippen molar-refractivity contribution in [1.29, 1.82) is 0 Å². The number of para-hydroxylation sites is 2. The number of rotatable bonds is 23. The van der Waals surface area contributed by atoms with Crippen LogP contribution in [0, 0.1) is 23.7 Å². The van der Waals surface area contributed by atoms with Gasteiger partial charge in [-0.05, 0) is 83.2 Å². The summed E-state index contributed by atoms with van der Waals surface area (Å²) in [6.45, 7) is 6.04. The lowest BCUT2D eigenvalue weighted by Gasteiger charge is -2.29. The number of hydrogen-bond donors (Lipinski definition) is 16. The molecule has 1 fully saturated rings. The maximum absolute atomic E-state index is 14.6. The van der Waals surface area contributed by atoms with Gasteiger partial charge in [-0.25, -0.2) is 4.79 Å². The number of fused-ring (bicyclic) bond motifs is 1. The minimum absolute atomic E-state index is 0.0156. The summed E-state index contributed by atoms with van der Waals surface area (Å²) in [5, 5.41) is 44.3. The molecule has 0 saturated carbocycles. The SMILES string of the molecule is CC(=O)CC(Cc1c[nH]c2ccccc12)C(=O)NC(CC(N)=O)C(=O)CC(CC(=O)O)C(=O)NC1C(=O)NCC(=O)NC(CCCN)C(=O)CC(C)C(=O)NC(C)C(=O)NC(C)C(=O)NCC(=O)NC(CO)C(=O)NC(C(C)C)C(=O)NC(CC(=O)c2ccccc2N)C(=O)OC1C.O=C=O.O=C=O.O=C=O. The van der Waals surface area contributed by atoms with E-state index in [0.29, 0.717) is 11.1 Å². The van der Waals surface area contributed by atoms with Crippen molar-refractivity contribution in [3.63, 3.8) is 0 Å². The lowest BCUT2D eigenvalue weighted by atomic mass is 9.90. The van der Waals surface area contributed by atoms with E-state index in [0.717, 1.165) is 12.3 Å². The number of carboxylic acids is 1. The van der Waals surface area contributed by atoms with Gasteiger partial charge in [0.15, 0.2) is 17.3 Å². The molecule has 19 N–H and O–H groups in total. The molecule has 12 unspecified atom stereocenters. The molecule has 3 aromatic rings. The number of carboxylic acid groups (broad SMARTS) is 1. The van der Waals surface area contributed by atoms with Gasteiger partial charge in [-0.15, -0.1) is 0 Å². The van der Waals surface area contributed by atoms with Crippen LogP contribution in [0.1, 0.15) is 116 Å². The number of amides is 11. The van der Waals surface area contributed by atoms with Gasteiger partial charge in [0.2, 0.25) is 65.0 Å². The Morgan fingerprint density at radius 2 is 1.21 bits per heavy atom.